The Kier molecular flexibility index (Phi) is 3.72. The van der Waals surface area contributed by atoms with Gasteiger partial charge in [-0.25, -0.2) is 4.98 Å². The van der Waals surface area contributed by atoms with Crippen LogP contribution in [-0.2, 0) is 11.3 Å². The van der Waals surface area contributed by atoms with E-state index in [1.54, 1.807) is 28.0 Å². The van der Waals surface area contributed by atoms with Crippen molar-refractivity contribution in [1.82, 2.24) is 15.2 Å². The van der Waals surface area contributed by atoms with Crippen LogP contribution in [0.2, 0.25) is 0 Å². The summed E-state index contributed by atoms with van der Waals surface area (Å²) in [6.07, 6.45) is 0. The van der Waals surface area contributed by atoms with Gasteiger partial charge in [-0.3, -0.25) is 10.1 Å². The van der Waals surface area contributed by atoms with E-state index < -0.39 is 0 Å². The average molecular weight is 293 g/mol. The molecule has 4 nitrogen and oxygen atoms in total. The molecule has 1 aliphatic heterocycles. The Bertz CT molecular complexity index is 559. The maximum Gasteiger partial charge on any atom is 0.240 e. The number of nitrogens with zero attached hydrogens (tertiary/aromatic N) is 2. The third-order valence-corrected chi connectivity index (χ3v) is 5.06. The van der Waals surface area contributed by atoms with E-state index >= 15 is 0 Å². The highest BCUT2D eigenvalue weighted by Gasteiger charge is 2.25. The third-order valence-electron chi connectivity index (χ3n) is 3.10. The number of rotatable bonds is 3. The fourth-order valence-corrected chi connectivity index (χ4v) is 4.04. The number of aromatic nitrogens is 1. The zero-order valence-corrected chi connectivity index (χ0v) is 12.3. The van der Waals surface area contributed by atoms with Gasteiger partial charge in [-0.2, -0.15) is 0 Å². The van der Waals surface area contributed by atoms with Gasteiger partial charge in [0, 0.05) is 18.7 Å². The fraction of sp³-hybridized carbons (Fsp3) is 0.385. The molecule has 2 heterocycles. The van der Waals surface area contributed by atoms with E-state index in [2.05, 4.69) is 16.4 Å². The van der Waals surface area contributed by atoms with Gasteiger partial charge in [-0.15, -0.1) is 23.1 Å². The van der Waals surface area contributed by atoms with Crippen LogP contribution >= 0.6 is 23.1 Å². The van der Waals surface area contributed by atoms with Crippen LogP contribution in [-0.4, -0.2) is 40.5 Å². The van der Waals surface area contributed by atoms with Crippen LogP contribution in [0.25, 0.3) is 10.2 Å². The van der Waals surface area contributed by atoms with Crippen molar-refractivity contribution >= 4 is 39.2 Å². The SMILES string of the molecule is CN(Cc1nc2ccccc2s1)C(=O)C1CSCN1. The van der Waals surface area contributed by atoms with Crippen molar-refractivity contribution in [3.05, 3.63) is 29.3 Å². The Balaban J connectivity index is 1.71. The van der Waals surface area contributed by atoms with Gasteiger partial charge in [0.1, 0.15) is 5.01 Å². The number of fused-ring (bicyclic) bond motifs is 1. The fourth-order valence-electron chi connectivity index (χ4n) is 2.09. The molecule has 1 fully saturated rings. The lowest BCUT2D eigenvalue weighted by molar-refractivity contribution is -0.131. The van der Waals surface area contributed by atoms with Gasteiger partial charge in [0.25, 0.3) is 0 Å². The molecular formula is C13H15N3OS2. The quantitative estimate of drug-likeness (QED) is 0.939. The molecule has 1 aliphatic rings. The van der Waals surface area contributed by atoms with E-state index in [1.165, 1.54) is 4.70 Å². The first-order chi connectivity index (χ1) is 9.24. The van der Waals surface area contributed by atoms with Gasteiger partial charge in [0.15, 0.2) is 0 Å². The van der Waals surface area contributed by atoms with Gasteiger partial charge in [-0.05, 0) is 12.1 Å². The summed E-state index contributed by atoms with van der Waals surface area (Å²) in [6, 6.07) is 8.03. The summed E-state index contributed by atoms with van der Waals surface area (Å²) in [4.78, 5) is 18.5. The van der Waals surface area contributed by atoms with E-state index in [1.807, 2.05) is 25.2 Å². The number of hydrogen-bond acceptors (Lipinski definition) is 5. The number of benzene rings is 1. The van der Waals surface area contributed by atoms with E-state index in [0.29, 0.717) is 6.54 Å². The molecule has 1 saturated heterocycles. The summed E-state index contributed by atoms with van der Waals surface area (Å²) in [5, 5.41) is 4.19. The number of carbonyl (C=O) groups excluding carboxylic acids is 1. The monoisotopic (exact) mass is 293 g/mol. The molecule has 1 N–H and O–H groups in total. The predicted molar refractivity (Wildman–Crippen MR) is 80.3 cm³/mol. The summed E-state index contributed by atoms with van der Waals surface area (Å²) in [5.74, 6) is 1.89. The second-order valence-electron chi connectivity index (χ2n) is 4.54. The lowest BCUT2D eigenvalue weighted by Gasteiger charge is -2.19. The van der Waals surface area contributed by atoms with Crippen molar-refractivity contribution in [3.63, 3.8) is 0 Å². The smallest absolute Gasteiger partial charge is 0.240 e. The van der Waals surface area contributed by atoms with Gasteiger partial charge >= 0.3 is 0 Å². The van der Waals surface area contributed by atoms with Crippen LogP contribution in [0.15, 0.2) is 24.3 Å². The van der Waals surface area contributed by atoms with Gasteiger partial charge < -0.3 is 4.90 Å². The molecule has 0 spiro atoms. The molecule has 3 rings (SSSR count). The van der Waals surface area contributed by atoms with E-state index in [-0.39, 0.29) is 11.9 Å². The van der Waals surface area contributed by atoms with Crippen molar-refractivity contribution in [3.8, 4) is 0 Å². The van der Waals surface area contributed by atoms with Crippen molar-refractivity contribution in [2.45, 2.75) is 12.6 Å². The molecule has 1 amide bonds. The largest absolute Gasteiger partial charge is 0.338 e. The number of thiazole rings is 1. The zero-order chi connectivity index (χ0) is 13.2. The van der Waals surface area contributed by atoms with Gasteiger partial charge in [0.05, 0.1) is 22.8 Å². The van der Waals surface area contributed by atoms with Crippen LogP contribution in [0.5, 0.6) is 0 Å². The van der Waals surface area contributed by atoms with Crippen LogP contribution < -0.4 is 5.32 Å². The lowest BCUT2D eigenvalue weighted by Crippen LogP contribution is -2.42. The highest BCUT2D eigenvalue weighted by molar-refractivity contribution is 7.99. The topological polar surface area (TPSA) is 45.2 Å². The van der Waals surface area contributed by atoms with E-state index in [9.17, 15) is 4.79 Å². The number of para-hydroxylation sites is 1. The summed E-state index contributed by atoms with van der Waals surface area (Å²) in [6.45, 7) is 0.584. The number of carbonyl (C=O) groups is 1. The highest BCUT2D eigenvalue weighted by atomic mass is 32.2. The second kappa shape index (κ2) is 5.48. The Hall–Kier alpha value is -1.11. The Labute approximate surface area is 120 Å². The molecule has 6 heteroatoms. The molecule has 19 heavy (non-hydrogen) atoms. The maximum absolute atomic E-state index is 12.2. The van der Waals surface area contributed by atoms with Crippen molar-refractivity contribution in [1.29, 1.82) is 0 Å². The number of amides is 1. The Morgan fingerprint density at radius 2 is 2.37 bits per heavy atom. The molecule has 1 aromatic carbocycles. The minimum absolute atomic E-state index is 0.0376. The summed E-state index contributed by atoms with van der Waals surface area (Å²) < 4.78 is 1.17. The molecule has 1 unspecified atom stereocenters. The summed E-state index contributed by atoms with van der Waals surface area (Å²) in [5.41, 5.74) is 1.01. The van der Waals surface area contributed by atoms with Crippen LogP contribution in [0, 0.1) is 0 Å². The molecule has 0 bridgehead atoms. The highest BCUT2D eigenvalue weighted by Crippen LogP contribution is 2.22. The van der Waals surface area contributed by atoms with E-state index in [0.717, 1.165) is 22.2 Å². The Morgan fingerprint density at radius 3 is 3.11 bits per heavy atom. The standard InChI is InChI=1S/C13H15N3OS2/c1-16(13(17)10-7-18-8-14-10)6-12-15-9-4-2-3-5-11(9)19-12/h2-5,10,14H,6-8H2,1H3. The maximum atomic E-state index is 12.2. The minimum Gasteiger partial charge on any atom is -0.338 e. The number of thioether (sulfide) groups is 1. The molecule has 1 aromatic heterocycles. The molecule has 0 radical (unpaired) electrons. The predicted octanol–water partition coefficient (Wildman–Crippen LogP) is 1.92. The summed E-state index contributed by atoms with van der Waals surface area (Å²) >= 11 is 3.42. The molecule has 1 atom stereocenters. The van der Waals surface area contributed by atoms with Crippen LogP contribution in [0.3, 0.4) is 0 Å². The van der Waals surface area contributed by atoms with Crippen molar-refractivity contribution in [2.75, 3.05) is 18.7 Å². The van der Waals surface area contributed by atoms with Crippen molar-refractivity contribution in [2.24, 2.45) is 0 Å². The normalized spacial score (nSPS) is 18.9. The van der Waals surface area contributed by atoms with Gasteiger partial charge in [-0.1, -0.05) is 12.1 Å². The third kappa shape index (κ3) is 2.75. The lowest BCUT2D eigenvalue weighted by atomic mass is 10.3. The molecule has 0 saturated carbocycles. The molecular weight excluding hydrogens is 278 g/mol. The number of nitrogens with one attached hydrogen (secondary N) is 1. The summed E-state index contributed by atoms with van der Waals surface area (Å²) in [7, 11) is 1.85. The number of hydrogen-bond donors (Lipinski definition) is 1. The van der Waals surface area contributed by atoms with Crippen molar-refractivity contribution < 1.29 is 4.79 Å². The van der Waals surface area contributed by atoms with Crippen LogP contribution in [0.4, 0.5) is 0 Å². The molecule has 100 valence electrons. The zero-order valence-electron chi connectivity index (χ0n) is 10.6. The average Bonchev–Trinajstić information content (AvgIpc) is 3.06. The number of likely N-dealkylation sites (N-methyl/N-ethyl adjacent to an activating group) is 1. The molecule has 0 aliphatic carbocycles. The first-order valence-electron chi connectivity index (χ1n) is 6.14. The second-order valence-corrected chi connectivity index (χ2v) is 6.69. The minimum atomic E-state index is -0.0376. The molecule has 2 aromatic rings. The Morgan fingerprint density at radius 1 is 1.53 bits per heavy atom. The first kappa shape index (κ1) is 12.9. The van der Waals surface area contributed by atoms with Crippen LogP contribution in [0.1, 0.15) is 5.01 Å². The van der Waals surface area contributed by atoms with E-state index in [4.69, 9.17) is 0 Å². The first-order valence-corrected chi connectivity index (χ1v) is 8.12. The van der Waals surface area contributed by atoms with Gasteiger partial charge in [0.2, 0.25) is 5.91 Å².